The molecule has 1 aromatic heterocycles. The van der Waals surface area contributed by atoms with Gasteiger partial charge in [0.2, 0.25) is 11.8 Å². The molecule has 8 heteroatoms. The second-order valence-corrected chi connectivity index (χ2v) is 7.71. The van der Waals surface area contributed by atoms with Crippen molar-refractivity contribution < 1.29 is 9.59 Å². The van der Waals surface area contributed by atoms with Gasteiger partial charge in [-0.15, -0.1) is 0 Å². The Labute approximate surface area is 158 Å². The lowest BCUT2D eigenvalue weighted by Gasteiger charge is -2.35. The van der Waals surface area contributed by atoms with E-state index in [0.717, 1.165) is 56.6 Å². The van der Waals surface area contributed by atoms with E-state index < -0.39 is 0 Å². The Hall–Kier alpha value is -2.22. The average Bonchev–Trinajstić information content (AvgIpc) is 3.12. The Bertz CT molecular complexity index is 782. The maximum atomic E-state index is 12.5. The van der Waals surface area contributed by atoms with Crippen molar-refractivity contribution in [3.8, 4) is 0 Å². The summed E-state index contributed by atoms with van der Waals surface area (Å²) in [6.45, 7) is 4.24. The number of hydrogen-bond acceptors (Lipinski definition) is 5. The van der Waals surface area contributed by atoms with Crippen molar-refractivity contribution in [2.45, 2.75) is 51.1 Å². The molecule has 1 aliphatic carbocycles. The van der Waals surface area contributed by atoms with Crippen LogP contribution in [-0.4, -0.2) is 70.2 Å². The molecule has 27 heavy (non-hydrogen) atoms. The monoisotopic (exact) mass is 373 g/mol. The number of carbonyl (C=O) groups is 2. The van der Waals surface area contributed by atoms with Crippen LogP contribution in [0.1, 0.15) is 36.9 Å². The first-order valence-electron chi connectivity index (χ1n) is 10.0. The van der Waals surface area contributed by atoms with Gasteiger partial charge in [0.25, 0.3) is 5.56 Å². The normalized spacial score (nSPS) is 23.2. The molecule has 4 rings (SSSR count). The zero-order valence-corrected chi connectivity index (χ0v) is 15.7. The molecule has 1 N–H and O–H groups in total. The van der Waals surface area contributed by atoms with Gasteiger partial charge in [0.05, 0.1) is 12.2 Å². The molecule has 1 aromatic rings. The van der Waals surface area contributed by atoms with Gasteiger partial charge in [0, 0.05) is 45.2 Å². The van der Waals surface area contributed by atoms with Gasteiger partial charge in [0.15, 0.2) is 0 Å². The summed E-state index contributed by atoms with van der Waals surface area (Å²) in [5.74, 6) is 0.00282. The molecular formula is C19H27N5O3. The summed E-state index contributed by atoms with van der Waals surface area (Å²) in [4.78, 5) is 40.1. The van der Waals surface area contributed by atoms with E-state index in [4.69, 9.17) is 0 Å². The third-order valence-corrected chi connectivity index (χ3v) is 5.88. The van der Waals surface area contributed by atoms with E-state index in [9.17, 15) is 14.4 Å². The van der Waals surface area contributed by atoms with Crippen LogP contribution < -0.4 is 10.9 Å². The zero-order valence-electron chi connectivity index (χ0n) is 15.7. The van der Waals surface area contributed by atoms with Crippen LogP contribution in [0.25, 0.3) is 0 Å². The van der Waals surface area contributed by atoms with E-state index in [0.29, 0.717) is 32.5 Å². The predicted octanol–water partition coefficient (Wildman–Crippen LogP) is -0.455. The molecule has 2 aliphatic heterocycles. The third kappa shape index (κ3) is 4.05. The van der Waals surface area contributed by atoms with Crippen LogP contribution in [0.15, 0.2) is 10.9 Å². The predicted molar refractivity (Wildman–Crippen MR) is 99.3 cm³/mol. The van der Waals surface area contributed by atoms with Crippen LogP contribution in [0.3, 0.4) is 0 Å². The SMILES string of the molecule is O=C1CCC(C(=O)N2CCN(CCn3nc4c(cc3=O)CCCC4)CC2)N1. The Morgan fingerprint density at radius 2 is 1.85 bits per heavy atom. The van der Waals surface area contributed by atoms with E-state index in [-0.39, 0.29) is 23.4 Å². The van der Waals surface area contributed by atoms with Crippen LogP contribution in [-0.2, 0) is 29.0 Å². The van der Waals surface area contributed by atoms with Crippen molar-refractivity contribution in [2.75, 3.05) is 32.7 Å². The smallest absolute Gasteiger partial charge is 0.267 e. The fourth-order valence-corrected chi connectivity index (χ4v) is 4.21. The van der Waals surface area contributed by atoms with Crippen LogP contribution >= 0.6 is 0 Å². The highest BCUT2D eigenvalue weighted by Crippen LogP contribution is 2.17. The number of aromatic nitrogens is 2. The standard InChI is InChI=1S/C19H27N5O3/c25-17-6-5-16(20-17)19(27)23-10-7-22(8-11-23)9-12-24-18(26)13-14-3-1-2-4-15(14)21-24/h13,16H,1-12H2,(H,20,25). The summed E-state index contributed by atoms with van der Waals surface area (Å²) in [7, 11) is 0. The van der Waals surface area contributed by atoms with Crippen molar-refractivity contribution in [3.63, 3.8) is 0 Å². The molecular weight excluding hydrogens is 346 g/mol. The lowest BCUT2D eigenvalue weighted by Crippen LogP contribution is -2.53. The van der Waals surface area contributed by atoms with Crippen LogP contribution in [0.2, 0.25) is 0 Å². The molecule has 146 valence electrons. The summed E-state index contributed by atoms with van der Waals surface area (Å²) < 4.78 is 1.59. The number of nitrogens with zero attached hydrogens (tertiary/aromatic N) is 4. The van der Waals surface area contributed by atoms with Crippen LogP contribution in [0, 0.1) is 0 Å². The molecule has 3 heterocycles. The lowest BCUT2D eigenvalue weighted by atomic mass is 9.97. The summed E-state index contributed by atoms with van der Waals surface area (Å²) in [6, 6.07) is 1.41. The molecule has 2 fully saturated rings. The van der Waals surface area contributed by atoms with E-state index >= 15 is 0 Å². The molecule has 2 saturated heterocycles. The second-order valence-electron chi connectivity index (χ2n) is 7.71. The molecule has 1 atom stereocenters. The summed E-state index contributed by atoms with van der Waals surface area (Å²) >= 11 is 0. The van der Waals surface area contributed by atoms with E-state index in [1.807, 2.05) is 4.90 Å². The first-order valence-corrected chi connectivity index (χ1v) is 10.0. The number of aryl methyl sites for hydroxylation is 2. The fraction of sp³-hybridized carbons (Fsp3) is 0.684. The van der Waals surface area contributed by atoms with Gasteiger partial charge in [-0.2, -0.15) is 5.10 Å². The maximum Gasteiger partial charge on any atom is 0.267 e. The largest absolute Gasteiger partial charge is 0.344 e. The Morgan fingerprint density at radius 1 is 1.07 bits per heavy atom. The van der Waals surface area contributed by atoms with Crippen LogP contribution in [0.4, 0.5) is 0 Å². The van der Waals surface area contributed by atoms with Gasteiger partial charge in [-0.25, -0.2) is 4.68 Å². The highest BCUT2D eigenvalue weighted by molar-refractivity contribution is 5.90. The van der Waals surface area contributed by atoms with Gasteiger partial charge in [-0.1, -0.05) is 0 Å². The zero-order chi connectivity index (χ0) is 18.8. The van der Waals surface area contributed by atoms with E-state index in [2.05, 4.69) is 15.3 Å². The first kappa shape index (κ1) is 18.2. The van der Waals surface area contributed by atoms with Crippen molar-refractivity contribution >= 4 is 11.8 Å². The quantitative estimate of drug-likeness (QED) is 0.772. The second kappa shape index (κ2) is 7.80. The lowest BCUT2D eigenvalue weighted by molar-refractivity contribution is -0.136. The Balaban J connectivity index is 1.28. The van der Waals surface area contributed by atoms with E-state index in [1.165, 1.54) is 0 Å². The minimum Gasteiger partial charge on any atom is -0.344 e. The molecule has 3 aliphatic rings. The number of fused-ring (bicyclic) bond motifs is 1. The number of piperazine rings is 1. The number of hydrogen-bond donors (Lipinski definition) is 1. The number of nitrogens with one attached hydrogen (secondary N) is 1. The third-order valence-electron chi connectivity index (χ3n) is 5.88. The molecule has 1 unspecified atom stereocenters. The van der Waals surface area contributed by atoms with Gasteiger partial charge < -0.3 is 10.2 Å². The van der Waals surface area contributed by atoms with Gasteiger partial charge in [-0.05, 0) is 37.7 Å². The van der Waals surface area contributed by atoms with E-state index in [1.54, 1.807) is 10.7 Å². The van der Waals surface area contributed by atoms with Crippen molar-refractivity contribution in [1.82, 2.24) is 24.9 Å². The van der Waals surface area contributed by atoms with Gasteiger partial charge >= 0.3 is 0 Å². The molecule has 0 aromatic carbocycles. The minimum absolute atomic E-state index is 0.0126. The van der Waals surface area contributed by atoms with Crippen molar-refractivity contribution in [2.24, 2.45) is 0 Å². The highest BCUT2D eigenvalue weighted by atomic mass is 16.2. The number of rotatable bonds is 4. The summed E-state index contributed by atoms with van der Waals surface area (Å²) in [6.07, 6.45) is 5.27. The summed E-state index contributed by atoms with van der Waals surface area (Å²) in [5, 5.41) is 7.32. The Morgan fingerprint density at radius 3 is 2.59 bits per heavy atom. The molecule has 2 amide bonds. The fourth-order valence-electron chi connectivity index (χ4n) is 4.21. The highest BCUT2D eigenvalue weighted by Gasteiger charge is 2.32. The van der Waals surface area contributed by atoms with Gasteiger partial charge in [-0.3, -0.25) is 19.3 Å². The number of amides is 2. The molecule has 8 nitrogen and oxygen atoms in total. The Kier molecular flexibility index (Phi) is 5.24. The minimum atomic E-state index is -0.345. The molecule has 0 bridgehead atoms. The summed E-state index contributed by atoms with van der Waals surface area (Å²) in [5.41, 5.74) is 2.19. The average molecular weight is 373 g/mol. The van der Waals surface area contributed by atoms with Gasteiger partial charge in [0.1, 0.15) is 6.04 Å². The van der Waals surface area contributed by atoms with Crippen LogP contribution in [0.5, 0.6) is 0 Å². The van der Waals surface area contributed by atoms with Crippen molar-refractivity contribution in [3.05, 3.63) is 27.7 Å². The van der Waals surface area contributed by atoms with Crippen molar-refractivity contribution in [1.29, 1.82) is 0 Å². The topological polar surface area (TPSA) is 87.5 Å². The molecule has 0 saturated carbocycles. The first-order chi connectivity index (χ1) is 13.1. The number of carbonyl (C=O) groups excluding carboxylic acids is 2. The maximum absolute atomic E-state index is 12.5. The molecule has 0 radical (unpaired) electrons. The molecule has 0 spiro atoms.